The van der Waals surface area contributed by atoms with Crippen LogP contribution in [0.2, 0.25) is 0 Å². The van der Waals surface area contributed by atoms with Crippen molar-refractivity contribution >= 4 is 21.9 Å². The molecule has 1 fully saturated rings. The lowest BCUT2D eigenvalue weighted by Crippen LogP contribution is -2.34. The van der Waals surface area contributed by atoms with Gasteiger partial charge < -0.3 is 10.2 Å². The molecule has 8 heteroatoms. The second-order valence-corrected chi connectivity index (χ2v) is 5.00. The van der Waals surface area contributed by atoms with Crippen molar-refractivity contribution in [3.05, 3.63) is 11.8 Å². The quantitative estimate of drug-likeness (QED) is 0.430. The number of rotatable bonds is 4. The highest BCUT2D eigenvalue weighted by molar-refractivity contribution is 7.91. The summed E-state index contributed by atoms with van der Waals surface area (Å²) in [4.78, 5) is 21.0. The van der Waals surface area contributed by atoms with Crippen LogP contribution in [-0.2, 0) is 19.6 Å². The van der Waals surface area contributed by atoms with Gasteiger partial charge in [-0.15, -0.1) is 0 Å². The molecule has 1 saturated carbocycles. The van der Waals surface area contributed by atoms with E-state index in [2.05, 4.69) is 0 Å². The molecule has 0 saturated heterocycles. The van der Waals surface area contributed by atoms with Crippen LogP contribution in [0.1, 0.15) is 12.8 Å². The molecule has 1 aliphatic carbocycles. The van der Waals surface area contributed by atoms with Crippen molar-refractivity contribution in [3.8, 4) is 0 Å². The third kappa shape index (κ3) is 3.24. The Kier molecular flexibility index (Phi) is 2.98. The fourth-order valence-electron chi connectivity index (χ4n) is 0.826. The van der Waals surface area contributed by atoms with Gasteiger partial charge in [0.25, 0.3) is 5.91 Å². The highest BCUT2D eigenvalue weighted by Gasteiger charge is 2.37. The lowest BCUT2D eigenvalue weighted by Gasteiger charge is -2.03. The van der Waals surface area contributed by atoms with Gasteiger partial charge in [0.1, 0.15) is 0 Å². The first-order chi connectivity index (χ1) is 6.83. The van der Waals surface area contributed by atoms with E-state index in [1.54, 1.807) is 4.72 Å². The molecule has 0 aliphatic heterocycles. The van der Waals surface area contributed by atoms with Gasteiger partial charge in [-0.25, -0.2) is 17.9 Å². The van der Waals surface area contributed by atoms with Gasteiger partial charge in [0.05, 0.1) is 11.3 Å². The SMILES string of the molecule is O=C(O)/C=C(\O)C(=O)NS(=O)(=O)C1CC1. The van der Waals surface area contributed by atoms with Crippen molar-refractivity contribution in [2.24, 2.45) is 0 Å². The predicted molar refractivity (Wildman–Crippen MR) is 48.4 cm³/mol. The fraction of sp³-hybridized carbons (Fsp3) is 0.429. The molecule has 0 heterocycles. The number of aliphatic hydroxyl groups is 1. The van der Waals surface area contributed by atoms with Gasteiger partial charge in [-0.1, -0.05) is 0 Å². The van der Waals surface area contributed by atoms with Crippen molar-refractivity contribution in [3.63, 3.8) is 0 Å². The Morgan fingerprint density at radius 3 is 2.20 bits per heavy atom. The maximum absolute atomic E-state index is 11.2. The molecule has 1 aliphatic rings. The van der Waals surface area contributed by atoms with E-state index in [4.69, 9.17) is 10.2 Å². The Labute approximate surface area is 85.5 Å². The summed E-state index contributed by atoms with van der Waals surface area (Å²) >= 11 is 0. The van der Waals surface area contributed by atoms with Crippen molar-refractivity contribution in [2.45, 2.75) is 18.1 Å². The van der Waals surface area contributed by atoms with E-state index >= 15 is 0 Å². The molecule has 0 unspecified atom stereocenters. The van der Waals surface area contributed by atoms with Gasteiger partial charge in [-0.3, -0.25) is 4.79 Å². The molecule has 0 atom stereocenters. The van der Waals surface area contributed by atoms with Gasteiger partial charge in [0, 0.05) is 0 Å². The first-order valence-corrected chi connectivity index (χ1v) is 5.57. The summed E-state index contributed by atoms with van der Waals surface area (Å²) in [5, 5.41) is 16.4. The number of aliphatic carboxylic acids is 1. The van der Waals surface area contributed by atoms with Crippen molar-refractivity contribution in [1.29, 1.82) is 0 Å². The molecule has 0 spiro atoms. The number of carbonyl (C=O) groups is 2. The van der Waals surface area contributed by atoms with Gasteiger partial charge in [-0.2, -0.15) is 0 Å². The molecule has 84 valence electrons. The summed E-state index contributed by atoms with van der Waals surface area (Å²) in [5.74, 6) is -4.01. The van der Waals surface area contributed by atoms with Gasteiger partial charge >= 0.3 is 5.97 Å². The molecule has 0 bridgehead atoms. The van der Waals surface area contributed by atoms with Crippen LogP contribution < -0.4 is 4.72 Å². The number of carbonyl (C=O) groups excluding carboxylic acids is 1. The van der Waals surface area contributed by atoms with Crippen LogP contribution in [0.15, 0.2) is 11.8 Å². The van der Waals surface area contributed by atoms with Gasteiger partial charge in [-0.05, 0) is 12.8 Å². The normalized spacial score (nSPS) is 17.2. The third-order valence-electron chi connectivity index (χ3n) is 1.69. The summed E-state index contributed by atoms with van der Waals surface area (Å²) < 4.78 is 23.9. The summed E-state index contributed by atoms with van der Waals surface area (Å²) in [5.41, 5.74) is 0. The van der Waals surface area contributed by atoms with E-state index in [9.17, 15) is 18.0 Å². The Morgan fingerprint density at radius 2 is 1.80 bits per heavy atom. The van der Waals surface area contributed by atoms with E-state index in [1.807, 2.05) is 0 Å². The van der Waals surface area contributed by atoms with Crippen molar-refractivity contribution < 1.29 is 28.2 Å². The zero-order valence-corrected chi connectivity index (χ0v) is 8.32. The van der Waals surface area contributed by atoms with E-state index < -0.39 is 32.9 Å². The van der Waals surface area contributed by atoms with Crippen LogP contribution in [0, 0.1) is 0 Å². The third-order valence-corrected chi connectivity index (χ3v) is 3.51. The lowest BCUT2D eigenvalue weighted by molar-refractivity contribution is -0.132. The topological polar surface area (TPSA) is 121 Å². The standard InChI is InChI=1S/C7H9NO6S/c9-5(3-6(10)11)7(12)8-15(13,14)4-1-2-4/h3-4,9H,1-2H2,(H,8,12)(H,10,11)/b5-3-. The van der Waals surface area contributed by atoms with E-state index in [1.165, 1.54) is 0 Å². The van der Waals surface area contributed by atoms with Crippen LogP contribution in [0.3, 0.4) is 0 Å². The maximum Gasteiger partial charge on any atom is 0.332 e. The average molecular weight is 235 g/mol. The molecule has 1 amide bonds. The zero-order valence-electron chi connectivity index (χ0n) is 7.50. The van der Waals surface area contributed by atoms with Crippen LogP contribution in [0.4, 0.5) is 0 Å². The smallest absolute Gasteiger partial charge is 0.332 e. The minimum atomic E-state index is -3.76. The summed E-state index contributed by atoms with van der Waals surface area (Å²) in [7, 11) is -3.76. The number of aliphatic hydroxyl groups excluding tert-OH is 1. The molecule has 0 aromatic rings. The summed E-state index contributed by atoms with van der Waals surface area (Å²) in [6, 6.07) is 0. The fourth-order valence-corrected chi connectivity index (χ4v) is 2.11. The molecule has 3 N–H and O–H groups in total. The van der Waals surface area contributed by atoms with Crippen molar-refractivity contribution in [2.75, 3.05) is 0 Å². The van der Waals surface area contributed by atoms with Crippen LogP contribution >= 0.6 is 0 Å². The van der Waals surface area contributed by atoms with Crippen molar-refractivity contribution in [1.82, 2.24) is 4.72 Å². The predicted octanol–water partition coefficient (Wildman–Crippen LogP) is -0.879. The maximum atomic E-state index is 11.2. The molecule has 15 heavy (non-hydrogen) atoms. The van der Waals surface area contributed by atoms with E-state index in [0.29, 0.717) is 12.8 Å². The Balaban J connectivity index is 2.67. The largest absolute Gasteiger partial charge is 0.503 e. The molecule has 0 aromatic heterocycles. The number of hydrogen-bond acceptors (Lipinski definition) is 5. The number of carboxylic acids is 1. The molecule has 0 radical (unpaired) electrons. The number of sulfonamides is 1. The first kappa shape index (κ1) is 11.5. The highest BCUT2D eigenvalue weighted by atomic mass is 32.2. The summed E-state index contributed by atoms with van der Waals surface area (Å²) in [6.07, 6.45) is 1.15. The van der Waals surface area contributed by atoms with Crippen LogP contribution in [0.25, 0.3) is 0 Å². The zero-order chi connectivity index (χ0) is 11.6. The van der Waals surface area contributed by atoms with E-state index in [0.717, 1.165) is 0 Å². The molecule has 0 aromatic carbocycles. The number of carboxylic acid groups (broad SMARTS) is 1. The number of nitrogens with one attached hydrogen (secondary N) is 1. The average Bonchev–Trinajstić information content (AvgIpc) is 2.83. The molecular weight excluding hydrogens is 226 g/mol. The Morgan fingerprint density at radius 1 is 1.27 bits per heavy atom. The highest BCUT2D eigenvalue weighted by Crippen LogP contribution is 2.27. The van der Waals surface area contributed by atoms with Gasteiger partial charge in [0.15, 0.2) is 5.76 Å². The monoisotopic (exact) mass is 235 g/mol. The minimum absolute atomic E-state index is 0.220. The van der Waals surface area contributed by atoms with Gasteiger partial charge in [0.2, 0.25) is 10.0 Å². The number of hydrogen-bond donors (Lipinski definition) is 3. The lowest BCUT2D eigenvalue weighted by atomic mass is 10.4. The number of amides is 1. The first-order valence-electron chi connectivity index (χ1n) is 4.02. The second kappa shape index (κ2) is 3.89. The second-order valence-electron chi connectivity index (χ2n) is 3.04. The molecule has 7 nitrogen and oxygen atoms in total. The minimum Gasteiger partial charge on any atom is -0.503 e. The molecule has 1 rings (SSSR count). The Bertz CT molecular complexity index is 419. The van der Waals surface area contributed by atoms with Crippen LogP contribution in [0.5, 0.6) is 0 Å². The summed E-state index contributed by atoms with van der Waals surface area (Å²) in [6.45, 7) is 0. The molecular formula is C7H9NO6S. The van der Waals surface area contributed by atoms with Crippen LogP contribution in [-0.4, -0.2) is 35.8 Å². The Hall–Kier alpha value is -1.57. The van der Waals surface area contributed by atoms with E-state index in [-0.39, 0.29) is 6.08 Å².